The number of carboxylic acids is 1. The Hall–Kier alpha value is -2.45. The molecule has 6 nitrogen and oxygen atoms in total. The van der Waals surface area contributed by atoms with Crippen LogP contribution >= 0.6 is 0 Å². The van der Waals surface area contributed by atoms with Gasteiger partial charge < -0.3 is 20.1 Å². The average molecular weight is 374 g/mol. The van der Waals surface area contributed by atoms with Crippen molar-refractivity contribution >= 4 is 12.0 Å². The van der Waals surface area contributed by atoms with Crippen molar-refractivity contribution in [3.8, 4) is 5.75 Å². The van der Waals surface area contributed by atoms with Crippen LogP contribution in [0.5, 0.6) is 5.75 Å². The van der Waals surface area contributed by atoms with Crippen molar-refractivity contribution in [2.45, 2.75) is 32.0 Å². The highest BCUT2D eigenvalue weighted by atomic mass is 19.4. The van der Waals surface area contributed by atoms with Crippen LogP contribution < -0.4 is 10.1 Å². The number of nitrogens with zero attached hydrogens (tertiary/aromatic N) is 1. The molecule has 0 bridgehead atoms. The lowest BCUT2D eigenvalue weighted by Crippen LogP contribution is -2.43. The summed E-state index contributed by atoms with van der Waals surface area (Å²) in [6.45, 7) is 2.21. The zero-order chi connectivity index (χ0) is 19.3. The summed E-state index contributed by atoms with van der Waals surface area (Å²) < 4.78 is 44.5. The van der Waals surface area contributed by atoms with Gasteiger partial charge in [0, 0.05) is 13.1 Å². The van der Waals surface area contributed by atoms with Crippen LogP contribution in [-0.4, -0.2) is 47.7 Å². The summed E-state index contributed by atoms with van der Waals surface area (Å²) in [7, 11) is 0. The number of aliphatic carboxylic acids is 1. The van der Waals surface area contributed by atoms with Crippen LogP contribution in [-0.2, 0) is 11.0 Å². The van der Waals surface area contributed by atoms with E-state index in [1.54, 1.807) is 6.92 Å². The second-order valence-electron chi connectivity index (χ2n) is 6.10. The Morgan fingerprint density at radius 3 is 2.65 bits per heavy atom. The number of alkyl halides is 3. The van der Waals surface area contributed by atoms with Crippen LogP contribution in [0.25, 0.3) is 0 Å². The molecular formula is C17H21F3N2O4. The number of nitrogens with one attached hydrogen (secondary N) is 1. The molecule has 0 spiro atoms. The second-order valence-corrected chi connectivity index (χ2v) is 6.10. The molecule has 1 fully saturated rings. The molecule has 0 aliphatic carbocycles. The molecule has 1 aromatic carbocycles. The normalized spacial score (nSPS) is 18.5. The maximum atomic E-state index is 13.0. The number of para-hydroxylation sites is 1. The van der Waals surface area contributed by atoms with E-state index in [4.69, 9.17) is 9.84 Å². The fourth-order valence-corrected chi connectivity index (χ4v) is 2.71. The van der Waals surface area contributed by atoms with E-state index < -0.39 is 35.8 Å². The maximum absolute atomic E-state index is 13.0. The van der Waals surface area contributed by atoms with E-state index in [-0.39, 0.29) is 18.8 Å². The minimum Gasteiger partial charge on any atom is -0.488 e. The molecule has 0 aromatic heterocycles. The highest BCUT2D eigenvalue weighted by molar-refractivity contribution is 5.77. The Balaban J connectivity index is 1.93. The van der Waals surface area contributed by atoms with Crippen molar-refractivity contribution in [1.29, 1.82) is 0 Å². The van der Waals surface area contributed by atoms with Crippen LogP contribution in [0.1, 0.15) is 25.3 Å². The van der Waals surface area contributed by atoms with Gasteiger partial charge >= 0.3 is 18.2 Å². The van der Waals surface area contributed by atoms with Crippen molar-refractivity contribution in [2.75, 3.05) is 19.6 Å². The molecule has 1 heterocycles. The summed E-state index contributed by atoms with van der Waals surface area (Å²) >= 11 is 0. The Labute approximate surface area is 148 Å². The van der Waals surface area contributed by atoms with E-state index in [9.17, 15) is 22.8 Å². The zero-order valence-electron chi connectivity index (χ0n) is 14.3. The number of rotatable bonds is 6. The Morgan fingerprint density at radius 2 is 2.08 bits per heavy atom. The number of hydrogen-bond acceptors (Lipinski definition) is 3. The molecule has 2 amide bonds. The van der Waals surface area contributed by atoms with Gasteiger partial charge in [-0.2, -0.15) is 13.2 Å². The molecule has 0 radical (unpaired) electrons. The van der Waals surface area contributed by atoms with Gasteiger partial charge in [-0.25, -0.2) is 4.79 Å². The summed E-state index contributed by atoms with van der Waals surface area (Å²) in [4.78, 5) is 24.4. The summed E-state index contributed by atoms with van der Waals surface area (Å²) in [5.41, 5.74) is -0.867. The van der Waals surface area contributed by atoms with E-state index in [2.05, 4.69) is 5.32 Å². The first-order valence-corrected chi connectivity index (χ1v) is 8.30. The predicted molar refractivity (Wildman–Crippen MR) is 86.9 cm³/mol. The number of carboxylic acid groups (broad SMARTS) is 1. The fourth-order valence-electron chi connectivity index (χ4n) is 2.71. The lowest BCUT2D eigenvalue weighted by Gasteiger charge is -2.23. The van der Waals surface area contributed by atoms with E-state index in [0.717, 1.165) is 6.07 Å². The van der Waals surface area contributed by atoms with Gasteiger partial charge in [-0.1, -0.05) is 19.1 Å². The molecule has 1 aromatic rings. The fraction of sp³-hybridized carbons (Fsp3) is 0.529. The number of ether oxygens (including phenoxy) is 1. The van der Waals surface area contributed by atoms with Crippen molar-refractivity contribution in [3.63, 3.8) is 0 Å². The van der Waals surface area contributed by atoms with E-state index in [1.807, 2.05) is 0 Å². The van der Waals surface area contributed by atoms with Gasteiger partial charge in [0.05, 0.1) is 18.0 Å². The van der Waals surface area contributed by atoms with Crippen molar-refractivity contribution < 1.29 is 32.6 Å². The highest BCUT2D eigenvalue weighted by Crippen LogP contribution is 2.36. The minimum absolute atomic E-state index is 0.0236. The maximum Gasteiger partial charge on any atom is 0.419 e. The quantitative estimate of drug-likeness (QED) is 0.802. The molecule has 144 valence electrons. The molecule has 9 heteroatoms. The summed E-state index contributed by atoms with van der Waals surface area (Å²) in [6, 6.07) is 4.47. The Bertz CT molecular complexity index is 651. The Kier molecular flexibility index (Phi) is 6.33. The summed E-state index contributed by atoms with van der Waals surface area (Å²) in [5.74, 6) is -1.82. The molecule has 26 heavy (non-hydrogen) atoms. The molecule has 2 atom stereocenters. The number of benzene rings is 1. The molecule has 1 saturated heterocycles. The highest BCUT2D eigenvalue weighted by Gasteiger charge is 2.35. The third-order valence-electron chi connectivity index (χ3n) is 4.25. The van der Waals surface area contributed by atoms with Crippen molar-refractivity contribution in [2.24, 2.45) is 5.92 Å². The smallest absolute Gasteiger partial charge is 0.419 e. The molecule has 2 N–H and O–H groups in total. The summed E-state index contributed by atoms with van der Waals surface area (Å²) in [6.07, 6.45) is -4.39. The number of carbonyl (C=O) groups excluding carboxylic acids is 1. The van der Waals surface area contributed by atoms with Crippen molar-refractivity contribution in [3.05, 3.63) is 29.8 Å². The third kappa shape index (κ3) is 5.03. The van der Waals surface area contributed by atoms with Gasteiger partial charge in [0.2, 0.25) is 0 Å². The molecule has 2 rings (SSSR count). The SMILES string of the molecule is CCC(CNC(=O)N1CCC(C(=O)O)C1)Oc1ccccc1C(F)(F)F. The number of urea groups is 1. The Morgan fingerprint density at radius 1 is 1.38 bits per heavy atom. The van der Waals surface area contributed by atoms with Crippen molar-refractivity contribution in [1.82, 2.24) is 10.2 Å². The van der Waals surface area contributed by atoms with Crippen LogP contribution in [0.2, 0.25) is 0 Å². The van der Waals surface area contributed by atoms with Gasteiger partial charge in [0.1, 0.15) is 11.9 Å². The van der Waals surface area contributed by atoms with Crippen LogP contribution in [0, 0.1) is 5.92 Å². The molecule has 0 saturated carbocycles. The molecular weight excluding hydrogens is 353 g/mol. The van der Waals surface area contributed by atoms with E-state index >= 15 is 0 Å². The average Bonchev–Trinajstić information content (AvgIpc) is 3.08. The van der Waals surface area contributed by atoms with Gasteiger partial charge in [-0.15, -0.1) is 0 Å². The van der Waals surface area contributed by atoms with E-state index in [0.29, 0.717) is 19.4 Å². The molecule has 1 aliphatic rings. The minimum atomic E-state index is -4.53. The standard InChI is InChI=1S/C17H21F3N2O4/c1-2-12(26-14-6-4-3-5-13(14)17(18,19)20)9-21-16(25)22-8-7-11(10-22)15(23)24/h3-6,11-12H,2,7-10H2,1H3,(H,21,25)(H,23,24). The van der Waals surface area contributed by atoms with Gasteiger partial charge in [0.15, 0.2) is 0 Å². The molecule has 1 aliphatic heterocycles. The van der Waals surface area contributed by atoms with Gasteiger partial charge in [0.25, 0.3) is 0 Å². The summed E-state index contributed by atoms with van der Waals surface area (Å²) in [5, 5.41) is 11.6. The lowest BCUT2D eigenvalue weighted by atomic mass is 10.1. The number of carbonyl (C=O) groups is 2. The zero-order valence-corrected chi connectivity index (χ0v) is 14.3. The van der Waals surface area contributed by atoms with Gasteiger partial charge in [-0.3, -0.25) is 4.79 Å². The van der Waals surface area contributed by atoms with E-state index in [1.165, 1.54) is 23.1 Å². The van der Waals surface area contributed by atoms with Crippen LogP contribution in [0.3, 0.4) is 0 Å². The number of halogens is 3. The largest absolute Gasteiger partial charge is 0.488 e. The van der Waals surface area contributed by atoms with Crippen LogP contribution in [0.4, 0.5) is 18.0 Å². The first-order chi connectivity index (χ1) is 12.2. The first kappa shape index (κ1) is 19.9. The first-order valence-electron chi connectivity index (χ1n) is 8.30. The number of amides is 2. The third-order valence-corrected chi connectivity index (χ3v) is 4.25. The van der Waals surface area contributed by atoms with Crippen LogP contribution in [0.15, 0.2) is 24.3 Å². The monoisotopic (exact) mass is 374 g/mol. The topological polar surface area (TPSA) is 78.9 Å². The number of likely N-dealkylation sites (tertiary alicyclic amines) is 1. The second kappa shape index (κ2) is 8.29. The van der Waals surface area contributed by atoms with Gasteiger partial charge in [-0.05, 0) is 25.0 Å². The number of hydrogen-bond donors (Lipinski definition) is 2. The molecule has 2 unspecified atom stereocenters. The lowest BCUT2D eigenvalue weighted by molar-refractivity contribution is -0.141. The predicted octanol–water partition coefficient (Wildman–Crippen LogP) is 2.98.